The van der Waals surface area contributed by atoms with Crippen LogP contribution in [0.3, 0.4) is 0 Å². The molecule has 168 valence electrons. The van der Waals surface area contributed by atoms with Crippen molar-refractivity contribution in [2.75, 3.05) is 12.4 Å². The minimum absolute atomic E-state index is 0.144. The third kappa shape index (κ3) is 6.43. The maximum absolute atomic E-state index is 12.6. The molecule has 5 nitrogen and oxygen atoms in total. The number of ether oxygens (including phenoxy) is 2. The van der Waals surface area contributed by atoms with Crippen molar-refractivity contribution in [3.05, 3.63) is 90.8 Å². The molecule has 0 unspecified atom stereocenters. The van der Waals surface area contributed by atoms with E-state index >= 15 is 0 Å². The van der Waals surface area contributed by atoms with E-state index in [0.29, 0.717) is 33.2 Å². The standard InChI is InChI=1S/C24H16BrCl3N2O3/c1-32-21-11-15(10-18(25)23(21)33-13-14-5-7-17(26)8-6-14)9-16(12-29)24(31)30-22-19(27)3-2-4-20(22)28/h2-11H,13H2,1H3,(H,30,31)/b16-9+. The van der Waals surface area contributed by atoms with Crippen molar-refractivity contribution >= 4 is 68.4 Å². The Hall–Kier alpha value is -2.69. The fourth-order valence-corrected chi connectivity index (χ4v) is 4.00. The fourth-order valence-electron chi connectivity index (χ4n) is 2.81. The summed E-state index contributed by atoms with van der Waals surface area (Å²) in [6.07, 6.45) is 1.43. The summed E-state index contributed by atoms with van der Waals surface area (Å²) in [4.78, 5) is 12.6. The van der Waals surface area contributed by atoms with Crippen LogP contribution in [0.1, 0.15) is 11.1 Å². The first-order valence-electron chi connectivity index (χ1n) is 9.44. The van der Waals surface area contributed by atoms with Gasteiger partial charge in [0.2, 0.25) is 0 Å². The molecule has 3 aromatic rings. The molecule has 0 atom stereocenters. The number of carbonyl (C=O) groups is 1. The molecule has 3 aromatic carbocycles. The topological polar surface area (TPSA) is 71.3 Å². The molecule has 0 aliphatic heterocycles. The number of nitrogens with one attached hydrogen (secondary N) is 1. The molecule has 3 rings (SSSR count). The minimum Gasteiger partial charge on any atom is -0.493 e. The predicted molar refractivity (Wildman–Crippen MR) is 135 cm³/mol. The summed E-state index contributed by atoms with van der Waals surface area (Å²) < 4.78 is 12.0. The van der Waals surface area contributed by atoms with E-state index in [0.717, 1.165) is 5.56 Å². The Morgan fingerprint density at radius 1 is 1.12 bits per heavy atom. The second-order valence-corrected chi connectivity index (χ2v) is 8.78. The largest absolute Gasteiger partial charge is 0.493 e. The number of carbonyl (C=O) groups excluding carboxylic acids is 1. The molecule has 0 heterocycles. The second-order valence-electron chi connectivity index (χ2n) is 6.67. The number of halogens is 4. The highest BCUT2D eigenvalue weighted by Crippen LogP contribution is 2.38. The molecule has 1 amide bonds. The van der Waals surface area contributed by atoms with Gasteiger partial charge in [0.15, 0.2) is 11.5 Å². The van der Waals surface area contributed by atoms with Crippen molar-refractivity contribution < 1.29 is 14.3 Å². The van der Waals surface area contributed by atoms with Gasteiger partial charge in [-0.15, -0.1) is 0 Å². The summed E-state index contributed by atoms with van der Waals surface area (Å²) in [5.74, 6) is 0.262. The van der Waals surface area contributed by atoms with Crippen molar-refractivity contribution in [1.29, 1.82) is 5.26 Å². The summed E-state index contributed by atoms with van der Waals surface area (Å²) >= 11 is 21.6. The minimum atomic E-state index is -0.648. The first kappa shape index (κ1) is 24.9. The van der Waals surface area contributed by atoms with Crippen molar-refractivity contribution in [2.24, 2.45) is 0 Å². The summed E-state index contributed by atoms with van der Waals surface area (Å²) in [6.45, 7) is 0.297. The highest BCUT2D eigenvalue weighted by atomic mass is 79.9. The molecule has 0 saturated carbocycles. The van der Waals surface area contributed by atoms with Gasteiger partial charge in [-0.05, 0) is 69.5 Å². The predicted octanol–water partition coefficient (Wildman–Crippen LogP) is 7.54. The molecule has 0 bridgehead atoms. The molecule has 0 spiro atoms. The zero-order valence-electron chi connectivity index (χ0n) is 17.2. The number of rotatable bonds is 7. The third-order valence-electron chi connectivity index (χ3n) is 4.43. The van der Waals surface area contributed by atoms with Gasteiger partial charge in [0, 0.05) is 5.02 Å². The van der Waals surface area contributed by atoms with Crippen molar-refractivity contribution in [3.8, 4) is 17.6 Å². The number of hydrogen-bond acceptors (Lipinski definition) is 4. The summed E-state index contributed by atoms with van der Waals surface area (Å²) in [7, 11) is 1.50. The van der Waals surface area contributed by atoms with Gasteiger partial charge < -0.3 is 14.8 Å². The molecule has 0 aliphatic rings. The quantitative estimate of drug-likeness (QED) is 0.237. The van der Waals surface area contributed by atoms with E-state index in [4.69, 9.17) is 44.3 Å². The normalized spacial score (nSPS) is 11.0. The van der Waals surface area contributed by atoms with Crippen LogP contribution in [0.25, 0.3) is 6.08 Å². The highest BCUT2D eigenvalue weighted by Gasteiger charge is 2.16. The van der Waals surface area contributed by atoms with Gasteiger partial charge in [0.1, 0.15) is 18.2 Å². The SMILES string of the molecule is COc1cc(/C=C(\C#N)C(=O)Nc2c(Cl)cccc2Cl)cc(Br)c1OCc1ccc(Cl)cc1. The third-order valence-corrected chi connectivity index (χ3v) is 5.90. The van der Waals surface area contributed by atoms with E-state index in [2.05, 4.69) is 21.2 Å². The van der Waals surface area contributed by atoms with Gasteiger partial charge in [-0.1, -0.05) is 53.0 Å². The first-order valence-corrected chi connectivity index (χ1v) is 11.4. The number of amides is 1. The molecule has 0 aromatic heterocycles. The number of methoxy groups -OCH3 is 1. The van der Waals surface area contributed by atoms with Crippen LogP contribution < -0.4 is 14.8 Å². The molecule has 0 fully saturated rings. The Labute approximate surface area is 214 Å². The van der Waals surface area contributed by atoms with Crippen LogP contribution in [0.2, 0.25) is 15.1 Å². The van der Waals surface area contributed by atoms with Crippen LogP contribution in [0.5, 0.6) is 11.5 Å². The molecular weight excluding hydrogens is 551 g/mol. The Morgan fingerprint density at radius 2 is 1.79 bits per heavy atom. The Kier molecular flexibility index (Phi) is 8.65. The number of para-hydroxylation sites is 1. The molecule has 0 saturated heterocycles. The van der Waals surface area contributed by atoms with Crippen molar-refractivity contribution in [2.45, 2.75) is 6.61 Å². The van der Waals surface area contributed by atoms with Crippen LogP contribution in [-0.2, 0) is 11.4 Å². The molecule has 33 heavy (non-hydrogen) atoms. The summed E-state index contributed by atoms with van der Waals surface area (Å²) in [6, 6.07) is 17.4. The van der Waals surface area contributed by atoms with E-state index < -0.39 is 5.91 Å². The van der Waals surface area contributed by atoms with Gasteiger partial charge >= 0.3 is 0 Å². The monoisotopic (exact) mass is 564 g/mol. The van der Waals surface area contributed by atoms with Gasteiger partial charge in [0.05, 0.1) is 27.3 Å². The summed E-state index contributed by atoms with van der Waals surface area (Å²) in [5.41, 5.74) is 1.57. The van der Waals surface area contributed by atoms with Crippen LogP contribution in [-0.4, -0.2) is 13.0 Å². The van der Waals surface area contributed by atoms with Crippen LogP contribution in [0.15, 0.2) is 64.6 Å². The van der Waals surface area contributed by atoms with Gasteiger partial charge in [0.25, 0.3) is 5.91 Å². The molecule has 0 aliphatic carbocycles. The van der Waals surface area contributed by atoms with E-state index in [1.165, 1.54) is 13.2 Å². The number of nitrogens with zero attached hydrogens (tertiary/aromatic N) is 1. The Balaban J connectivity index is 1.84. The lowest BCUT2D eigenvalue weighted by atomic mass is 10.1. The number of nitriles is 1. The van der Waals surface area contributed by atoms with E-state index in [1.54, 1.807) is 42.5 Å². The van der Waals surface area contributed by atoms with Gasteiger partial charge in [-0.2, -0.15) is 5.26 Å². The van der Waals surface area contributed by atoms with E-state index in [-0.39, 0.29) is 21.3 Å². The van der Waals surface area contributed by atoms with E-state index in [9.17, 15) is 10.1 Å². The number of anilines is 1. The molecular formula is C24H16BrCl3N2O3. The van der Waals surface area contributed by atoms with Gasteiger partial charge in [-0.25, -0.2) is 0 Å². The smallest absolute Gasteiger partial charge is 0.266 e. The summed E-state index contributed by atoms with van der Waals surface area (Å²) in [5, 5.41) is 13.3. The van der Waals surface area contributed by atoms with Crippen molar-refractivity contribution in [3.63, 3.8) is 0 Å². The molecule has 0 radical (unpaired) electrons. The van der Waals surface area contributed by atoms with Gasteiger partial charge in [-0.3, -0.25) is 4.79 Å². The van der Waals surface area contributed by atoms with E-state index in [1.807, 2.05) is 18.2 Å². The average molecular weight is 567 g/mol. The van der Waals surface area contributed by atoms with Crippen LogP contribution >= 0.6 is 50.7 Å². The maximum atomic E-state index is 12.6. The lowest BCUT2D eigenvalue weighted by Crippen LogP contribution is -2.14. The Bertz CT molecular complexity index is 1230. The lowest BCUT2D eigenvalue weighted by Gasteiger charge is -2.14. The van der Waals surface area contributed by atoms with Crippen LogP contribution in [0, 0.1) is 11.3 Å². The average Bonchev–Trinajstić information content (AvgIpc) is 2.79. The highest BCUT2D eigenvalue weighted by molar-refractivity contribution is 9.10. The molecule has 9 heteroatoms. The van der Waals surface area contributed by atoms with Crippen molar-refractivity contribution in [1.82, 2.24) is 0 Å². The Morgan fingerprint density at radius 3 is 2.39 bits per heavy atom. The maximum Gasteiger partial charge on any atom is 0.266 e. The fraction of sp³-hybridized carbons (Fsp3) is 0.0833. The first-order chi connectivity index (χ1) is 15.8. The number of hydrogen-bond donors (Lipinski definition) is 1. The zero-order chi connectivity index (χ0) is 24.0. The lowest BCUT2D eigenvalue weighted by molar-refractivity contribution is -0.112. The molecule has 1 N–H and O–H groups in total. The zero-order valence-corrected chi connectivity index (χ0v) is 21.0. The van der Waals surface area contributed by atoms with Crippen LogP contribution in [0.4, 0.5) is 5.69 Å². The number of benzene rings is 3. The second kappa shape index (κ2) is 11.4.